The summed E-state index contributed by atoms with van der Waals surface area (Å²) in [5, 5.41) is 20.6. The molecule has 0 aliphatic carbocycles. The summed E-state index contributed by atoms with van der Waals surface area (Å²) in [5.41, 5.74) is 2.90. The van der Waals surface area contributed by atoms with Crippen molar-refractivity contribution in [2.75, 3.05) is 44.4 Å². The van der Waals surface area contributed by atoms with Crippen molar-refractivity contribution in [2.45, 2.75) is 32.2 Å². The summed E-state index contributed by atoms with van der Waals surface area (Å²) < 4.78 is 6.68. The molecule has 0 unspecified atom stereocenters. The number of benzene rings is 1. The van der Waals surface area contributed by atoms with Crippen LogP contribution in [-0.4, -0.2) is 70.5 Å². The highest BCUT2D eigenvalue weighted by molar-refractivity contribution is 7.19. The molecule has 184 valence electrons. The fraction of sp³-hybridized carbons (Fsp3) is 0.440. The molecule has 4 aromatic rings. The number of aliphatic hydroxyl groups is 1. The number of nitrogens with one attached hydrogen (secondary N) is 2. The number of nitrogens with zero attached hydrogens (tertiary/aromatic N) is 4. The molecule has 3 N–H and O–H groups in total. The number of aromatic nitrogens is 4. The molecule has 4 heterocycles. The van der Waals surface area contributed by atoms with Gasteiger partial charge in [-0.05, 0) is 31.5 Å². The van der Waals surface area contributed by atoms with Crippen LogP contribution in [-0.2, 0) is 16.1 Å². The average Bonchev–Trinajstić information content (AvgIpc) is 3.54. The zero-order valence-corrected chi connectivity index (χ0v) is 20.4. The molecule has 10 heteroatoms. The zero-order valence-electron chi connectivity index (χ0n) is 19.6. The molecule has 1 saturated heterocycles. The van der Waals surface area contributed by atoms with Crippen molar-refractivity contribution >= 4 is 44.1 Å². The maximum Gasteiger partial charge on any atom is 0.162 e. The third-order valence-electron chi connectivity index (χ3n) is 6.23. The van der Waals surface area contributed by atoms with Gasteiger partial charge in [0.2, 0.25) is 0 Å². The molecular formula is C25H30N6O3S. The molecular weight excluding hydrogens is 464 g/mol. The highest BCUT2D eigenvalue weighted by Crippen LogP contribution is 2.35. The first kappa shape index (κ1) is 23.8. The van der Waals surface area contributed by atoms with Crippen molar-refractivity contribution in [2.24, 2.45) is 0 Å². The Hall–Kier alpha value is -2.92. The Morgan fingerprint density at radius 3 is 2.94 bits per heavy atom. The van der Waals surface area contributed by atoms with Gasteiger partial charge in [-0.25, -0.2) is 9.97 Å². The normalized spacial score (nSPS) is 14.3. The minimum Gasteiger partial charge on any atom is -0.389 e. The first-order valence-electron chi connectivity index (χ1n) is 12.1. The van der Waals surface area contributed by atoms with E-state index < -0.39 is 0 Å². The number of hydrogen-bond donors (Lipinski definition) is 3. The number of aromatic amines is 1. The van der Waals surface area contributed by atoms with Gasteiger partial charge in [-0.2, -0.15) is 5.10 Å². The molecule has 0 amide bonds. The van der Waals surface area contributed by atoms with Crippen LogP contribution >= 0.6 is 11.3 Å². The molecule has 0 radical (unpaired) electrons. The van der Waals surface area contributed by atoms with Gasteiger partial charge in [0.15, 0.2) is 17.4 Å². The number of morpholine rings is 1. The van der Waals surface area contributed by atoms with Crippen molar-refractivity contribution in [3.63, 3.8) is 0 Å². The molecule has 35 heavy (non-hydrogen) atoms. The first-order valence-corrected chi connectivity index (χ1v) is 12.9. The fourth-order valence-corrected chi connectivity index (χ4v) is 5.45. The lowest BCUT2D eigenvalue weighted by molar-refractivity contribution is -0.121. The second-order valence-electron chi connectivity index (χ2n) is 8.72. The molecule has 1 fully saturated rings. The topological polar surface area (TPSA) is 116 Å². The number of rotatable bonds is 11. The van der Waals surface area contributed by atoms with Crippen LogP contribution in [0.1, 0.15) is 30.6 Å². The molecule has 0 spiro atoms. The van der Waals surface area contributed by atoms with Crippen molar-refractivity contribution in [1.29, 1.82) is 0 Å². The highest BCUT2D eigenvalue weighted by Gasteiger charge is 2.21. The second kappa shape index (κ2) is 11.2. The van der Waals surface area contributed by atoms with Gasteiger partial charge in [0, 0.05) is 41.9 Å². The molecule has 0 saturated carbocycles. The molecule has 5 rings (SSSR count). The third kappa shape index (κ3) is 5.51. The van der Waals surface area contributed by atoms with E-state index in [9.17, 15) is 4.79 Å². The van der Waals surface area contributed by atoms with Crippen LogP contribution in [0.15, 0.2) is 30.5 Å². The number of hydrogen-bond acceptors (Lipinski definition) is 9. The van der Waals surface area contributed by atoms with E-state index >= 15 is 0 Å². The number of thiophene rings is 1. The Bertz CT molecular complexity index is 1300. The lowest BCUT2D eigenvalue weighted by Crippen LogP contribution is -2.36. The first-order chi connectivity index (χ1) is 17.2. The van der Waals surface area contributed by atoms with Crippen LogP contribution < -0.4 is 10.2 Å². The number of H-pyrrole nitrogens is 1. The van der Waals surface area contributed by atoms with E-state index in [1.54, 1.807) is 11.3 Å². The second-order valence-corrected chi connectivity index (χ2v) is 9.86. The lowest BCUT2D eigenvalue weighted by atomic mass is 10.1. The number of ether oxygens (including phenoxy) is 1. The van der Waals surface area contributed by atoms with Gasteiger partial charge in [0.25, 0.3) is 0 Å². The van der Waals surface area contributed by atoms with E-state index in [1.165, 1.54) is 4.88 Å². The van der Waals surface area contributed by atoms with Crippen LogP contribution in [0.5, 0.6) is 0 Å². The van der Waals surface area contributed by atoms with Crippen LogP contribution in [0, 0.1) is 0 Å². The summed E-state index contributed by atoms with van der Waals surface area (Å²) in [6, 6.07) is 8.22. The van der Waals surface area contributed by atoms with Gasteiger partial charge in [-0.15, -0.1) is 11.3 Å². The fourth-order valence-electron chi connectivity index (χ4n) is 4.36. The maximum atomic E-state index is 11.2. The van der Waals surface area contributed by atoms with Crippen molar-refractivity contribution in [3.8, 4) is 11.4 Å². The van der Waals surface area contributed by atoms with Crippen LogP contribution in [0.2, 0.25) is 0 Å². The number of fused-ring (bicyclic) bond motifs is 2. The van der Waals surface area contributed by atoms with E-state index in [4.69, 9.17) is 19.8 Å². The number of Topliss-reactive ketones (excluding diaryl/α,β-unsaturated/α-hetero) is 1. The molecule has 0 bridgehead atoms. The number of carbonyl (C=O) groups is 1. The standard InChI is InChI=1S/C25H30N6O3S/c32-16-17(33)5-2-1-3-8-26-14-18-13-22-23(35-18)25(31-9-11-34-12-10-31)29-24(28-22)19-6-4-7-21-20(19)15-27-30-21/h4,6-7,13,15,26,32H,1-3,5,8-12,14,16H2,(H,27,30). The minimum atomic E-state index is -0.349. The summed E-state index contributed by atoms with van der Waals surface area (Å²) in [4.78, 5) is 24.7. The molecule has 0 atom stereocenters. The Morgan fingerprint density at radius 1 is 1.20 bits per heavy atom. The van der Waals surface area contributed by atoms with Crippen LogP contribution in [0.25, 0.3) is 32.5 Å². The number of unbranched alkanes of at least 4 members (excludes halogenated alkanes) is 2. The zero-order chi connectivity index (χ0) is 24.0. The third-order valence-corrected chi connectivity index (χ3v) is 7.35. The minimum absolute atomic E-state index is 0.0798. The SMILES string of the molecule is O=C(CO)CCCCCNCc1cc2nc(-c3cccc4[nH]ncc34)nc(N3CCOCC3)c2s1. The van der Waals surface area contributed by atoms with Crippen molar-refractivity contribution < 1.29 is 14.6 Å². The smallest absolute Gasteiger partial charge is 0.162 e. The lowest BCUT2D eigenvalue weighted by Gasteiger charge is -2.28. The van der Waals surface area contributed by atoms with Crippen molar-refractivity contribution in [3.05, 3.63) is 35.3 Å². The summed E-state index contributed by atoms with van der Waals surface area (Å²) in [5.74, 6) is 1.60. The van der Waals surface area contributed by atoms with Crippen molar-refractivity contribution in [1.82, 2.24) is 25.5 Å². The Labute approximate surface area is 207 Å². The largest absolute Gasteiger partial charge is 0.389 e. The molecule has 1 aliphatic heterocycles. The number of aliphatic hydroxyl groups excluding tert-OH is 1. The summed E-state index contributed by atoms with van der Waals surface area (Å²) in [6.07, 6.45) is 5.09. The highest BCUT2D eigenvalue weighted by atomic mass is 32.1. The summed E-state index contributed by atoms with van der Waals surface area (Å²) in [7, 11) is 0. The van der Waals surface area contributed by atoms with Gasteiger partial charge >= 0.3 is 0 Å². The molecule has 9 nitrogen and oxygen atoms in total. The van der Waals surface area contributed by atoms with Crippen LogP contribution in [0.4, 0.5) is 5.82 Å². The molecule has 3 aromatic heterocycles. The van der Waals surface area contributed by atoms with E-state index in [-0.39, 0.29) is 12.4 Å². The Morgan fingerprint density at radius 2 is 2.09 bits per heavy atom. The Kier molecular flexibility index (Phi) is 7.63. The van der Waals surface area contributed by atoms with Crippen LogP contribution in [0.3, 0.4) is 0 Å². The van der Waals surface area contributed by atoms with E-state index in [2.05, 4.69) is 26.5 Å². The molecule has 1 aliphatic rings. The van der Waals surface area contributed by atoms with E-state index in [1.807, 2.05) is 24.4 Å². The Balaban J connectivity index is 1.35. The predicted molar refractivity (Wildman–Crippen MR) is 138 cm³/mol. The predicted octanol–water partition coefficient (Wildman–Crippen LogP) is 3.28. The van der Waals surface area contributed by atoms with E-state index in [0.29, 0.717) is 25.5 Å². The number of anilines is 1. The van der Waals surface area contributed by atoms with Gasteiger partial charge < -0.3 is 20.1 Å². The average molecular weight is 495 g/mol. The number of carbonyl (C=O) groups excluding carboxylic acids is 1. The molecule has 1 aromatic carbocycles. The quantitative estimate of drug-likeness (QED) is 0.272. The van der Waals surface area contributed by atoms with E-state index in [0.717, 1.165) is 77.9 Å². The summed E-state index contributed by atoms with van der Waals surface area (Å²) in [6.45, 7) is 4.32. The van der Waals surface area contributed by atoms with Gasteiger partial charge in [0.05, 0.1) is 35.1 Å². The number of ketones is 1. The van der Waals surface area contributed by atoms with Gasteiger partial charge in [0.1, 0.15) is 6.61 Å². The van der Waals surface area contributed by atoms with Gasteiger partial charge in [-0.3, -0.25) is 9.89 Å². The summed E-state index contributed by atoms with van der Waals surface area (Å²) >= 11 is 1.74. The monoisotopic (exact) mass is 494 g/mol. The van der Waals surface area contributed by atoms with Gasteiger partial charge in [-0.1, -0.05) is 18.6 Å². The maximum absolute atomic E-state index is 11.2.